The zero-order chi connectivity index (χ0) is 24.1. The maximum atomic E-state index is 13.1. The molecule has 0 radical (unpaired) electrons. The number of hydrogen-bond acceptors (Lipinski definition) is 6. The van der Waals surface area contributed by atoms with Gasteiger partial charge in [-0.3, -0.25) is 4.79 Å². The Balaban J connectivity index is 1.27. The molecule has 0 aliphatic carbocycles. The molecule has 1 aliphatic rings. The predicted octanol–water partition coefficient (Wildman–Crippen LogP) is 2.50. The van der Waals surface area contributed by atoms with Crippen LogP contribution in [-0.4, -0.2) is 61.3 Å². The minimum absolute atomic E-state index is 0.00863. The molecular weight excluding hydrogens is 456 g/mol. The van der Waals surface area contributed by atoms with Crippen molar-refractivity contribution in [3.05, 3.63) is 59.9 Å². The fourth-order valence-corrected chi connectivity index (χ4v) is 5.85. The van der Waals surface area contributed by atoms with Gasteiger partial charge in [0.1, 0.15) is 5.82 Å². The number of nitrogens with zero attached hydrogens (tertiary/aromatic N) is 2. The van der Waals surface area contributed by atoms with E-state index in [1.165, 1.54) is 23.5 Å². The number of rotatable bonds is 8. The van der Waals surface area contributed by atoms with E-state index in [4.69, 9.17) is 4.74 Å². The molecule has 180 valence electrons. The van der Waals surface area contributed by atoms with E-state index in [1.807, 2.05) is 24.3 Å². The number of hydrogen-bond donors (Lipinski definition) is 2. The molecule has 2 aromatic carbocycles. The van der Waals surface area contributed by atoms with Gasteiger partial charge in [-0.1, -0.05) is 24.3 Å². The first-order valence-corrected chi connectivity index (χ1v) is 12.7. The summed E-state index contributed by atoms with van der Waals surface area (Å²) in [5.41, 5.74) is 1.93. The van der Waals surface area contributed by atoms with Crippen LogP contribution in [0.1, 0.15) is 35.4 Å². The predicted molar refractivity (Wildman–Crippen MR) is 127 cm³/mol. The third-order valence-electron chi connectivity index (χ3n) is 6.06. The number of ether oxygens (including phenoxy) is 1. The minimum Gasteiger partial charge on any atom is -0.465 e. The van der Waals surface area contributed by atoms with Crippen molar-refractivity contribution in [2.75, 3.05) is 26.7 Å². The molecule has 1 aromatic heterocycles. The number of fused-ring (bicyclic) bond motifs is 1. The Labute approximate surface area is 198 Å². The van der Waals surface area contributed by atoms with Crippen molar-refractivity contribution in [2.45, 2.75) is 30.6 Å². The molecular formula is C24H28N4O5S. The normalized spacial score (nSPS) is 15.3. The molecule has 3 aromatic rings. The molecule has 9 nitrogen and oxygen atoms in total. The molecule has 0 unspecified atom stereocenters. The summed E-state index contributed by atoms with van der Waals surface area (Å²) in [6.45, 7) is 0.963. The Morgan fingerprint density at radius 2 is 1.82 bits per heavy atom. The van der Waals surface area contributed by atoms with E-state index in [0.717, 1.165) is 29.7 Å². The first-order valence-electron chi connectivity index (χ1n) is 11.3. The number of amides is 1. The summed E-state index contributed by atoms with van der Waals surface area (Å²) in [6, 6.07) is 13.8. The maximum absolute atomic E-state index is 13.1. The average molecular weight is 485 g/mol. The fourth-order valence-electron chi connectivity index (χ4n) is 4.20. The lowest BCUT2D eigenvalue weighted by Gasteiger charge is -2.31. The van der Waals surface area contributed by atoms with E-state index >= 15 is 0 Å². The molecule has 0 spiro atoms. The molecule has 0 bridgehead atoms. The van der Waals surface area contributed by atoms with Crippen molar-refractivity contribution in [3.8, 4) is 0 Å². The van der Waals surface area contributed by atoms with Crippen LogP contribution in [0.25, 0.3) is 11.0 Å². The van der Waals surface area contributed by atoms with Crippen LogP contribution in [0.5, 0.6) is 0 Å². The van der Waals surface area contributed by atoms with Crippen LogP contribution >= 0.6 is 0 Å². The van der Waals surface area contributed by atoms with Crippen LogP contribution in [0, 0.1) is 5.92 Å². The number of para-hydroxylation sites is 2. The van der Waals surface area contributed by atoms with Gasteiger partial charge < -0.3 is 15.0 Å². The summed E-state index contributed by atoms with van der Waals surface area (Å²) in [6.07, 6.45) is 2.33. The quantitative estimate of drug-likeness (QED) is 0.374. The van der Waals surface area contributed by atoms with Gasteiger partial charge in [0, 0.05) is 32.0 Å². The Morgan fingerprint density at radius 3 is 2.56 bits per heavy atom. The summed E-state index contributed by atoms with van der Waals surface area (Å²) < 4.78 is 32.3. The van der Waals surface area contributed by atoms with Crippen LogP contribution in [0.4, 0.5) is 0 Å². The molecule has 1 fully saturated rings. The number of methoxy groups -OCH3 is 1. The van der Waals surface area contributed by atoms with E-state index in [0.29, 0.717) is 19.4 Å². The van der Waals surface area contributed by atoms with Gasteiger partial charge >= 0.3 is 5.97 Å². The van der Waals surface area contributed by atoms with Crippen LogP contribution < -0.4 is 5.32 Å². The highest BCUT2D eigenvalue weighted by atomic mass is 32.2. The number of aromatic amines is 1. The minimum atomic E-state index is -3.87. The highest BCUT2D eigenvalue weighted by molar-refractivity contribution is 7.89. The molecule has 1 aliphatic heterocycles. The first-order chi connectivity index (χ1) is 16.4. The number of nitrogens with one attached hydrogen (secondary N) is 2. The zero-order valence-electron chi connectivity index (χ0n) is 19.0. The fraction of sp³-hybridized carbons (Fsp3) is 0.375. The lowest BCUT2D eigenvalue weighted by molar-refractivity contribution is -0.126. The van der Waals surface area contributed by atoms with Gasteiger partial charge in [-0.05, 0) is 43.5 Å². The standard InChI is InChI=1S/C24H28N4O5S/c1-33-24(30)18-7-2-5-10-21(18)34(31,32)28-15-12-17(13-16-28)23(29)25-14-6-11-22-26-19-8-3-4-9-20(19)27-22/h2-5,7-10,17H,6,11-16H2,1H3,(H,25,29)(H,26,27). The number of sulfonamides is 1. The van der Waals surface area contributed by atoms with Gasteiger partial charge in [-0.25, -0.2) is 18.2 Å². The van der Waals surface area contributed by atoms with E-state index < -0.39 is 16.0 Å². The molecule has 2 N–H and O–H groups in total. The Morgan fingerprint density at radius 1 is 1.12 bits per heavy atom. The second kappa shape index (κ2) is 10.4. The third kappa shape index (κ3) is 5.13. The van der Waals surface area contributed by atoms with Crippen LogP contribution in [-0.2, 0) is 26.0 Å². The number of benzene rings is 2. The molecule has 2 heterocycles. The van der Waals surface area contributed by atoms with Gasteiger partial charge in [0.25, 0.3) is 0 Å². The van der Waals surface area contributed by atoms with Crippen molar-refractivity contribution in [1.82, 2.24) is 19.6 Å². The van der Waals surface area contributed by atoms with Crippen molar-refractivity contribution in [3.63, 3.8) is 0 Å². The first kappa shape index (κ1) is 23.9. The number of piperidine rings is 1. The molecule has 34 heavy (non-hydrogen) atoms. The maximum Gasteiger partial charge on any atom is 0.339 e. The molecule has 10 heteroatoms. The number of carbonyl (C=O) groups excluding carboxylic acids is 2. The van der Waals surface area contributed by atoms with Crippen LogP contribution in [0.3, 0.4) is 0 Å². The lowest BCUT2D eigenvalue weighted by atomic mass is 9.97. The second-order valence-corrected chi connectivity index (χ2v) is 10.2. The van der Waals surface area contributed by atoms with Gasteiger partial charge in [0.2, 0.25) is 15.9 Å². The number of aromatic nitrogens is 2. The van der Waals surface area contributed by atoms with Gasteiger partial charge in [-0.15, -0.1) is 0 Å². The molecule has 1 saturated heterocycles. The van der Waals surface area contributed by atoms with E-state index in [2.05, 4.69) is 15.3 Å². The van der Waals surface area contributed by atoms with Crippen LogP contribution in [0.15, 0.2) is 53.4 Å². The van der Waals surface area contributed by atoms with Crippen molar-refractivity contribution in [2.24, 2.45) is 5.92 Å². The number of esters is 1. The van der Waals surface area contributed by atoms with Crippen molar-refractivity contribution >= 4 is 32.9 Å². The Hall–Kier alpha value is -3.24. The summed E-state index contributed by atoms with van der Waals surface area (Å²) in [5.74, 6) is -0.109. The monoisotopic (exact) mass is 484 g/mol. The SMILES string of the molecule is COC(=O)c1ccccc1S(=O)(=O)N1CCC(C(=O)NCCCc2nc3ccccc3[nH]2)CC1. The zero-order valence-corrected chi connectivity index (χ0v) is 19.8. The van der Waals surface area contributed by atoms with E-state index in [1.54, 1.807) is 12.1 Å². The van der Waals surface area contributed by atoms with E-state index in [-0.39, 0.29) is 35.4 Å². The van der Waals surface area contributed by atoms with Crippen molar-refractivity contribution < 1.29 is 22.7 Å². The molecule has 1 amide bonds. The third-order valence-corrected chi connectivity index (χ3v) is 8.02. The Bertz CT molecular complexity index is 1250. The number of imidazole rings is 1. The summed E-state index contributed by atoms with van der Waals surface area (Å²) >= 11 is 0. The number of carbonyl (C=O) groups is 2. The second-order valence-electron chi connectivity index (χ2n) is 8.26. The average Bonchev–Trinajstić information content (AvgIpc) is 3.29. The topological polar surface area (TPSA) is 121 Å². The summed E-state index contributed by atoms with van der Waals surface area (Å²) in [5, 5.41) is 2.96. The number of H-pyrrole nitrogens is 1. The largest absolute Gasteiger partial charge is 0.465 e. The van der Waals surface area contributed by atoms with Crippen molar-refractivity contribution in [1.29, 1.82) is 0 Å². The summed E-state index contributed by atoms with van der Waals surface area (Å²) in [7, 11) is -2.65. The van der Waals surface area contributed by atoms with Gasteiger partial charge in [0.05, 0.1) is 28.6 Å². The summed E-state index contributed by atoms with van der Waals surface area (Å²) in [4.78, 5) is 32.3. The molecule has 0 saturated carbocycles. The van der Waals surface area contributed by atoms with Gasteiger partial charge in [0.15, 0.2) is 0 Å². The Kier molecular flexibility index (Phi) is 7.28. The van der Waals surface area contributed by atoms with Crippen LogP contribution in [0.2, 0.25) is 0 Å². The molecule has 0 atom stereocenters. The highest BCUT2D eigenvalue weighted by Crippen LogP contribution is 2.26. The smallest absolute Gasteiger partial charge is 0.339 e. The molecule has 4 rings (SSSR count). The highest BCUT2D eigenvalue weighted by Gasteiger charge is 2.34. The lowest BCUT2D eigenvalue weighted by Crippen LogP contribution is -2.43. The van der Waals surface area contributed by atoms with Gasteiger partial charge in [-0.2, -0.15) is 4.31 Å². The number of aryl methyl sites for hydroxylation is 1. The van der Waals surface area contributed by atoms with E-state index in [9.17, 15) is 18.0 Å².